The maximum Gasteiger partial charge on any atom is 0.230 e. The van der Waals surface area contributed by atoms with Gasteiger partial charge in [0, 0.05) is 16.4 Å². The van der Waals surface area contributed by atoms with Crippen LogP contribution in [0.5, 0.6) is 0 Å². The normalized spacial score (nSPS) is 11.0. The molecule has 0 bridgehead atoms. The molecule has 0 spiro atoms. The van der Waals surface area contributed by atoms with Crippen LogP contribution in [0.15, 0.2) is 41.0 Å². The molecular weight excluding hydrogens is 354 g/mol. The summed E-state index contributed by atoms with van der Waals surface area (Å²) in [6.45, 7) is 5.96. The van der Waals surface area contributed by atoms with E-state index in [1.807, 2.05) is 61.7 Å². The fourth-order valence-electron chi connectivity index (χ4n) is 2.66. The second-order valence-corrected chi connectivity index (χ2v) is 6.57. The molecule has 3 rings (SSSR count). The highest BCUT2D eigenvalue weighted by atomic mass is 79.9. The Kier molecular flexibility index (Phi) is 4.22. The first-order valence-corrected chi connectivity index (χ1v) is 8.24. The first-order chi connectivity index (χ1) is 11.0. The number of nitrogens with one attached hydrogen (secondary N) is 1. The molecule has 0 radical (unpaired) electrons. The molecule has 4 nitrogen and oxygen atoms in total. The smallest absolute Gasteiger partial charge is 0.230 e. The molecule has 5 heteroatoms. The Bertz CT molecular complexity index is 899. The molecule has 23 heavy (non-hydrogen) atoms. The van der Waals surface area contributed by atoms with Crippen LogP contribution < -0.4 is 5.32 Å². The minimum Gasteiger partial charge on any atom is -0.326 e. The highest BCUT2D eigenvalue weighted by Gasteiger charge is 2.14. The number of hydrogen-bond acceptors (Lipinski definition) is 2. The number of aromatic nitrogens is 2. The Balaban J connectivity index is 1.84. The minimum absolute atomic E-state index is 0.0434. The van der Waals surface area contributed by atoms with Gasteiger partial charge >= 0.3 is 0 Å². The summed E-state index contributed by atoms with van der Waals surface area (Å²) in [5, 5.41) is 2.95. The minimum atomic E-state index is -0.0434. The van der Waals surface area contributed by atoms with Gasteiger partial charge in [-0.05, 0) is 56.2 Å². The van der Waals surface area contributed by atoms with Crippen molar-refractivity contribution >= 4 is 33.2 Å². The van der Waals surface area contributed by atoms with Crippen LogP contribution in [0.4, 0.5) is 5.69 Å². The van der Waals surface area contributed by atoms with Gasteiger partial charge < -0.3 is 9.72 Å². The van der Waals surface area contributed by atoms with E-state index in [9.17, 15) is 4.79 Å². The summed E-state index contributed by atoms with van der Waals surface area (Å²) < 4.78 is 3.03. The number of halogens is 1. The number of pyridine rings is 1. The standard InChI is InChI=1S/C18H18BrN3O/c1-11-5-4-8-22-16(13(3)20-18(11)22)10-17(23)21-14-6-7-15(19)12(2)9-14/h4-9H,10H2,1-3H3,(H,21,23). The molecule has 0 aliphatic heterocycles. The summed E-state index contributed by atoms with van der Waals surface area (Å²) in [5.41, 5.74) is 5.72. The van der Waals surface area contributed by atoms with Crippen molar-refractivity contribution in [3.05, 3.63) is 63.5 Å². The van der Waals surface area contributed by atoms with E-state index in [1.165, 1.54) is 0 Å². The summed E-state index contributed by atoms with van der Waals surface area (Å²) in [6.07, 6.45) is 2.25. The Morgan fingerprint density at radius 3 is 2.74 bits per heavy atom. The summed E-state index contributed by atoms with van der Waals surface area (Å²) in [7, 11) is 0. The molecule has 3 aromatic rings. The van der Waals surface area contributed by atoms with Gasteiger partial charge in [-0.2, -0.15) is 0 Å². The molecule has 0 fully saturated rings. The number of nitrogens with zero attached hydrogens (tertiary/aromatic N) is 2. The molecular formula is C18H18BrN3O. The van der Waals surface area contributed by atoms with Gasteiger partial charge in [-0.15, -0.1) is 0 Å². The third-order valence-electron chi connectivity index (χ3n) is 3.91. The summed E-state index contributed by atoms with van der Waals surface area (Å²) >= 11 is 3.46. The summed E-state index contributed by atoms with van der Waals surface area (Å²) in [5.74, 6) is -0.0434. The van der Waals surface area contributed by atoms with Crippen molar-refractivity contribution in [2.45, 2.75) is 27.2 Å². The highest BCUT2D eigenvalue weighted by Crippen LogP contribution is 2.21. The van der Waals surface area contributed by atoms with Gasteiger partial charge in [-0.3, -0.25) is 4.79 Å². The predicted octanol–water partition coefficient (Wildman–Crippen LogP) is 4.20. The lowest BCUT2D eigenvalue weighted by atomic mass is 10.2. The molecule has 0 unspecified atom stereocenters. The van der Waals surface area contributed by atoms with Crippen LogP contribution in [0.1, 0.15) is 22.5 Å². The third-order valence-corrected chi connectivity index (χ3v) is 4.80. The zero-order chi connectivity index (χ0) is 16.6. The lowest BCUT2D eigenvalue weighted by Crippen LogP contribution is -2.16. The molecule has 0 atom stereocenters. The van der Waals surface area contributed by atoms with Gasteiger partial charge in [0.05, 0.1) is 17.8 Å². The van der Waals surface area contributed by atoms with Crippen LogP contribution >= 0.6 is 15.9 Å². The molecule has 118 valence electrons. The van der Waals surface area contributed by atoms with Crippen molar-refractivity contribution < 1.29 is 4.79 Å². The quantitative estimate of drug-likeness (QED) is 0.749. The lowest BCUT2D eigenvalue weighted by Gasteiger charge is -2.08. The highest BCUT2D eigenvalue weighted by molar-refractivity contribution is 9.10. The van der Waals surface area contributed by atoms with E-state index in [2.05, 4.69) is 26.2 Å². The number of benzene rings is 1. The maximum atomic E-state index is 12.4. The fraction of sp³-hybridized carbons (Fsp3) is 0.222. The Labute approximate surface area is 143 Å². The van der Waals surface area contributed by atoms with Gasteiger partial charge in [0.25, 0.3) is 0 Å². The Morgan fingerprint density at radius 1 is 1.22 bits per heavy atom. The van der Waals surface area contributed by atoms with E-state index in [-0.39, 0.29) is 5.91 Å². The van der Waals surface area contributed by atoms with Crippen molar-refractivity contribution in [1.29, 1.82) is 0 Å². The van der Waals surface area contributed by atoms with Gasteiger partial charge in [-0.25, -0.2) is 4.98 Å². The lowest BCUT2D eigenvalue weighted by molar-refractivity contribution is -0.115. The molecule has 2 heterocycles. The van der Waals surface area contributed by atoms with Crippen LogP contribution in [-0.4, -0.2) is 15.3 Å². The zero-order valence-corrected chi connectivity index (χ0v) is 14.9. The van der Waals surface area contributed by atoms with Crippen LogP contribution in [0.2, 0.25) is 0 Å². The number of anilines is 1. The molecule has 0 aliphatic rings. The van der Waals surface area contributed by atoms with Gasteiger partial charge in [-0.1, -0.05) is 22.0 Å². The largest absolute Gasteiger partial charge is 0.326 e. The summed E-state index contributed by atoms with van der Waals surface area (Å²) in [4.78, 5) is 17.0. The SMILES string of the molecule is Cc1cc(NC(=O)Cc2c(C)nc3c(C)cccn23)ccc1Br. The number of aryl methyl sites for hydroxylation is 3. The van der Waals surface area contributed by atoms with Crippen molar-refractivity contribution in [2.75, 3.05) is 5.32 Å². The molecule has 0 saturated heterocycles. The van der Waals surface area contributed by atoms with Crippen molar-refractivity contribution in [3.63, 3.8) is 0 Å². The average molecular weight is 372 g/mol. The van der Waals surface area contributed by atoms with Crippen molar-refractivity contribution in [3.8, 4) is 0 Å². The van der Waals surface area contributed by atoms with Gasteiger partial charge in [0.1, 0.15) is 5.65 Å². The van der Waals surface area contributed by atoms with E-state index < -0.39 is 0 Å². The Morgan fingerprint density at radius 2 is 2.00 bits per heavy atom. The number of carbonyl (C=O) groups excluding carboxylic acids is 1. The predicted molar refractivity (Wildman–Crippen MR) is 95.9 cm³/mol. The number of imidazole rings is 1. The number of fused-ring (bicyclic) bond motifs is 1. The van der Waals surface area contributed by atoms with E-state index >= 15 is 0 Å². The van der Waals surface area contributed by atoms with Gasteiger partial charge in [0.2, 0.25) is 5.91 Å². The molecule has 0 aliphatic carbocycles. The molecule has 1 amide bonds. The molecule has 2 aromatic heterocycles. The fourth-order valence-corrected chi connectivity index (χ4v) is 2.91. The second-order valence-electron chi connectivity index (χ2n) is 5.72. The van der Waals surface area contributed by atoms with E-state index in [4.69, 9.17) is 0 Å². The topological polar surface area (TPSA) is 46.4 Å². The van der Waals surface area contributed by atoms with E-state index in [0.717, 1.165) is 38.3 Å². The average Bonchev–Trinajstić information content (AvgIpc) is 2.81. The molecule has 1 N–H and O–H groups in total. The number of rotatable bonds is 3. The van der Waals surface area contributed by atoms with E-state index in [0.29, 0.717) is 6.42 Å². The Hall–Kier alpha value is -2.14. The zero-order valence-electron chi connectivity index (χ0n) is 13.4. The second kappa shape index (κ2) is 6.16. The monoisotopic (exact) mass is 371 g/mol. The maximum absolute atomic E-state index is 12.4. The van der Waals surface area contributed by atoms with E-state index in [1.54, 1.807) is 0 Å². The van der Waals surface area contributed by atoms with Crippen LogP contribution in [0.3, 0.4) is 0 Å². The first-order valence-electron chi connectivity index (χ1n) is 7.45. The number of carbonyl (C=O) groups is 1. The van der Waals surface area contributed by atoms with Crippen LogP contribution in [0.25, 0.3) is 5.65 Å². The third kappa shape index (κ3) is 3.15. The molecule has 1 aromatic carbocycles. The first kappa shape index (κ1) is 15.7. The van der Waals surface area contributed by atoms with Crippen molar-refractivity contribution in [1.82, 2.24) is 9.38 Å². The van der Waals surface area contributed by atoms with Crippen LogP contribution in [0, 0.1) is 20.8 Å². The molecule has 0 saturated carbocycles. The number of hydrogen-bond donors (Lipinski definition) is 1. The van der Waals surface area contributed by atoms with Gasteiger partial charge in [0.15, 0.2) is 0 Å². The number of amides is 1. The van der Waals surface area contributed by atoms with Crippen molar-refractivity contribution in [2.24, 2.45) is 0 Å². The summed E-state index contributed by atoms with van der Waals surface area (Å²) in [6, 6.07) is 9.78. The van der Waals surface area contributed by atoms with Crippen LogP contribution in [-0.2, 0) is 11.2 Å².